The number of ether oxygens (including phenoxy) is 2. The second-order valence-electron chi connectivity index (χ2n) is 11.3. The molecule has 10 nitrogen and oxygen atoms in total. The van der Waals surface area contributed by atoms with Gasteiger partial charge in [0.1, 0.15) is 34.0 Å². The van der Waals surface area contributed by atoms with Gasteiger partial charge in [-0.15, -0.1) is 10.2 Å². The largest absolute Gasteiger partial charge is 0.494 e. The number of aryl methyl sites for hydroxylation is 1. The number of anilines is 1. The van der Waals surface area contributed by atoms with Gasteiger partial charge in [-0.05, 0) is 77.8 Å². The van der Waals surface area contributed by atoms with E-state index in [2.05, 4.69) is 45.8 Å². The average Bonchev–Trinajstić information content (AvgIpc) is 3.58. The Morgan fingerprint density at radius 1 is 1.09 bits per heavy atom. The number of halogens is 2. The number of sulfonamides is 1. The van der Waals surface area contributed by atoms with Crippen molar-refractivity contribution in [2.75, 3.05) is 25.1 Å². The van der Waals surface area contributed by atoms with E-state index in [1.165, 1.54) is 43.6 Å². The van der Waals surface area contributed by atoms with Gasteiger partial charge >= 0.3 is 0 Å². The van der Waals surface area contributed by atoms with Gasteiger partial charge in [-0.2, -0.15) is 0 Å². The van der Waals surface area contributed by atoms with E-state index >= 15 is 0 Å². The summed E-state index contributed by atoms with van der Waals surface area (Å²) in [5.41, 5.74) is 0.620. The number of aromatic nitrogens is 3. The van der Waals surface area contributed by atoms with Crippen LogP contribution in [-0.4, -0.2) is 62.4 Å². The van der Waals surface area contributed by atoms with Crippen molar-refractivity contribution in [1.29, 1.82) is 0 Å². The second-order valence-corrected chi connectivity index (χ2v) is 20.0. The summed E-state index contributed by atoms with van der Waals surface area (Å²) in [6.45, 7) is 9.69. The normalized spacial score (nSPS) is 13.5. The van der Waals surface area contributed by atoms with Crippen molar-refractivity contribution in [2.45, 2.75) is 50.9 Å². The Balaban J connectivity index is 1.96. The molecule has 0 spiro atoms. The predicted octanol–water partition coefficient (Wildman–Crippen LogP) is 6.35. The molecule has 2 aromatic carbocycles. The average molecular weight is 696 g/mol. The molecule has 2 atom stereocenters. The van der Waals surface area contributed by atoms with E-state index < -0.39 is 35.3 Å². The highest BCUT2D eigenvalue weighted by atomic mass is 79.9. The van der Waals surface area contributed by atoms with Crippen LogP contribution in [-0.2, 0) is 10.0 Å². The molecule has 0 fully saturated rings. The van der Waals surface area contributed by atoms with Crippen LogP contribution in [0.5, 0.6) is 11.5 Å². The van der Waals surface area contributed by atoms with Crippen molar-refractivity contribution >= 4 is 40.0 Å². The molecule has 0 aliphatic rings. The smallest absolute Gasteiger partial charge is 0.246 e. The van der Waals surface area contributed by atoms with Gasteiger partial charge in [0.05, 0.1) is 24.8 Å². The molecule has 0 amide bonds. The van der Waals surface area contributed by atoms with Gasteiger partial charge in [-0.25, -0.2) is 17.1 Å². The van der Waals surface area contributed by atoms with Crippen molar-refractivity contribution in [3.63, 3.8) is 0 Å². The molecule has 0 saturated carbocycles. The Morgan fingerprint density at radius 3 is 2.28 bits per heavy atom. The molecule has 2 heterocycles. The molecular weight excluding hydrogens is 659 g/mol. The van der Waals surface area contributed by atoms with Crippen molar-refractivity contribution in [2.24, 2.45) is 0 Å². The van der Waals surface area contributed by atoms with E-state index in [-0.39, 0.29) is 28.4 Å². The molecule has 43 heavy (non-hydrogen) atoms. The number of para-hydroxylation sites is 1. The zero-order valence-corrected chi connectivity index (χ0v) is 28.5. The number of hydrogen-bond donors (Lipinski definition) is 1. The summed E-state index contributed by atoms with van der Waals surface area (Å²) in [4.78, 5) is 0. The lowest BCUT2D eigenvalue weighted by Crippen LogP contribution is -2.44. The summed E-state index contributed by atoms with van der Waals surface area (Å²) < 4.78 is 63.0. The number of furan rings is 1. The van der Waals surface area contributed by atoms with Crippen LogP contribution in [0.15, 0.2) is 57.4 Å². The Bertz CT molecular complexity index is 1680. The molecule has 4 aromatic rings. The summed E-state index contributed by atoms with van der Waals surface area (Å²) in [7, 11) is -3.12. The van der Waals surface area contributed by atoms with Crippen molar-refractivity contribution in [3.05, 3.63) is 70.1 Å². The summed E-state index contributed by atoms with van der Waals surface area (Å²) in [6.07, 6.45) is -1.47. The predicted molar refractivity (Wildman–Crippen MR) is 170 cm³/mol. The molecule has 0 aliphatic carbocycles. The number of rotatable bonds is 12. The minimum Gasteiger partial charge on any atom is -0.494 e. The van der Waals surface area contributed by atoms with Gasteiger partial charge < -0.3 is 19.0 Å². The van der Waals surface area contributed by atoms with Gasteiger partial charge in [0.25, 0.3) is 0 Å². The summed E-state index contributed by atoms with van der Waals surface area (Å²) in [5, 5.41) is 18.7. The third kappa shape index (κ3) is 6.81. The van der Waals surface area contributed by atoms with Crippen molar-refractivity contribution in [1.82, 2.24) is 14.8 Å². The first-order valence-corrected chi connectivity index (χ1v) is 19.6. The van der Waals surface area contributed by atoms with Crippen LogP contribution in [0.4, 0.5) is 10.3 Å². The van der Waals surface area contributed by atoms with E-state index in [9.17, 15) is 17.9 Å². The third-order valence-corrected chi connectivity index (χ3v) is 11.5. The van der Waals surface area contributed by atoms with Crippen LogP contribution >= 0.6 is 15.9 Å². The van der Waals surface area contributed by atoms with Crippen LogP contribution in [0.1, 0.15) is 24.4 Å². The van der Waals surface area contributed by atoms with E-state index in [1.807, 2.05) is 0 Å². The molecular formula is C29H36BrFN4O6SSi. The zero-order chi connectivity index (χ0) is 31.7. The lowest BCUT2D eigenvalue weighted by atomic mass is 10.1. The standard InChI is InChI=1S/C29H36BrFN4O6SSi/c1-18-11-14-25(41-18)28-32-33-29(35(28)26-23(39-3)9-8-10-24(26)40-4)34(15-16-43(5,6)7)42(37,38)19(2)27(36)20-12-13-22(31)21(30)17-20/h8-14,17,19,27,36H,15-16H2,1-7H3/t19-,27-/m1/s1. The second kappa shape index (κ2) is 12.8. The summed E-state index contributed by atoms with van der Waals surface area (Å²) >= 11 is 3.12. The van der Waals surface area contributed by atoms with E-state index in [0.717, 1.165) is 0 Å². The fraction of sp³-hybridized carbons (Fsp3) is 0.379. The maximum Gasteiger partial charge on any atom is 0.246 e. The zero-order valence-electron chi connectivity index (χ0n) is 25.1. The van der Waals surface area contributed by atoms with Crippen molar-refractivity contribution < 1.29 is 31.8 Å². The molecule has 2 aromatic heterocycles. The third-order valence-electron chi connectivity index (χ3n) is 7.03. The number of nitrogens with zero attached hydrogens (tertiary/aromatic N) is 4. The highest BCUT2D eigenvalue weighted by molar-refractivity contribution is 9.10. The minimum absolute atomic E-state index is 0.0237. The molecule has 232 valence electrons. The van der Waals surface area contributed by atoms with Crippen LogP contribution < -0.4 is 13.8 Å². The molecule has 1 N–H and O–H groups in total. The fourth-order valence-corrected chi connectivity index (χ4v) is 7.55. The monoisotopic (exact) mass is 694 g/mol. The summed E-state index contributed by atoms with van der Waals surface area (Å²) in [6, 6.07) is 13.2. The lowest BCUT2D eigenvalue weighted by Gasteiger charge is -2.31. The number of aliphatic hydroxyl groups is 1. The maximum absolute atomic E-state index is 14.5. The highest BCUT2D eigenvalue weighted by Gasteiger charge is 2.39. The molecule has 0 unspecified atom stereocenters. The Morgan fingerprint density at radius 2 is 1.74 bits per heavy atom. The van der Waals surface area contributed by atoms with E-state index in [4.69, 9.17) is 13.9 Å². The van der Waals surface area contributed by atoms with Crippen LogP contribution in [0.2, 0.25) is 25.7 Å². The minimum atomic E-state index is -4.32. The van der Waals surface area contributed by atoms with Gasteiger partial charge in [-0.3, -0.25) is 4.57 Å². The quantitative estimate of drug-likeness (QED) is 0.170. The van der Waals surface area contributed by atoms with Gasteiger partial charge in [0, 0.05) is 14.6 Å². The Labute approximate surface area is 260 Å². The molecule has 14 heteroatoms. The molecule has 0 saturated heterocycles. The van der Waals surface area contributed by atoms with E-state index in [0.29, 0.717) is 34.8 Å². The molecule has 4 rings (SSSR count). The first-order chi connectivity index (χ1) is 20.2. The Hall–Kier alpha value is -3.20. The fourth-order valence-electron chi connectivity index (χ4n) is 4.52. The molecule has 0 aliphatic heterocycles. The first kappa shape index (κ1) is 32.7. The number of methoxy groups -OCH3 is 2. The molecule has 0 radical (unpaired) electrons. The van der Waals surface area contributed by atoms with Crippen molar-refractivity contribution in [3.8, 4) is 28.8 Å². The highest BCUT2D eigenvalue weighted by Crippen LogP contribution is 2.40. The first-order valence-electron chi connectivity index (χ1n) is 13.6. The molecule has 0 bridgehead atoms. The van der Waals surface area contributed by atoms with Gasteiger partial charge in [-0.1, -0.05) is 31.8 Å². The number of benzene rings is 2. The van der Waals surface area contributed by atoms with Crippen LogP contribution in [0, 0.1) is 12.7 Å². The van der Waals surface area contributed by atoms with E-state index in [1.54, 1.807) is 41.8 Å². The topological polar surface area (TPSA) is 120 Å². The maximum atomic E-state index is 14.5. The van der Waals surface area contributed by atoms with Crippen LogP contribution in [0.25, 0.3) is 17.3 Å². The van der Waals surface area contributed by atoms with Crippen LogP contribution in [0.3, 0.4) is 0 Å². The SMILES string of the molecule is COc1cccc(OC)c1-n1c(-c2ccc(C)o2)nnc1N(CC[Si](C)(C)C)S(=O)(=O)[C@H](C)[C@@H](O)c1ccc(F)c(Br)c1. The lowest BCUT2D eigenvalue weighted by molar-refractivity contribution is 0.175. The number of aliphatic hydroxyl groups excluding tert-OH is 1. The summed E-state index contributed by atoms with van der Waals surface area (Å²) in [5.74, 6) is 1.44. The van der Waals surface area contributed by atoms with Gasteiger partial charge in [0.15, 0.2) is 5.76 Å². The Kier molecular flexibility index (Phi) is 9.74. The van der Waals surface area contributed by atoms with Gasteiger partial charge in [0.2, 0.25) is 21.8 Å². The number of hydrogen-bond acceptors (Lipinski definition) is 8.